The topological polar surface area (TPSA) is 136 Å². The monoisotopic (exact) mass is 659 g/mol. The molecule has 4 rings (SSSR count). The predicted octanol–water partition coefficient (Wildman–Crippen LogP) is 4.67. The van der Waals surface area contributed by atoms with Crippen LogP contribution in [0.4, 0.5) is 8.78 Å². The van der Waals surface area contributed by atoms with E-state index in [0.29, 0.717) is 6.54 Å². The number of nitrogens with zero attached hydrogens (tertiary/aromatic N) is 1. The molecule has 1 aliphatic rings. The summed E-state index contributed by atoms with van der Waals surface area (Å²) in [6.07, 6.45) is 4.56. The van der Waals surface area contributed by atoms with Gasteiger partial charge in [-0.3, -0.25) is 9.59 Å². The average Bonchev–Trinajstić information content (AvgIpc) is 3.04. The Bertz CT molecular complexity index is 1510. The first kappa shape index (κ1) is 36.8. The van der Waals surface area contributed by atoms with Crippen LogP contribution in [0.3, 0.4) is 0 Å². The molecule has 0 heterocycles. The number of amides is 1. The number of sulfonamides is 1. The number of carboxylic acid groups (broad SMARTS) is 1. The van der Waals surface area contributed by atoms with E-state index in [1.54, 1.807) is 7.05 Å². The van der Waals surface area contributed by atoms with Gasteiger partial charge in [-0.15, -0.1) is 0 Å². The van der Waals surface area contributed by atoms with E-state index < -0.39 is 39.7 Å². The number of halogens is 2. The Hall–Kier alpha value is -3.71. The van der Waals surface area contributed by atoms with Gasteiger partial charge in [0.15, 0.2) is 0 Å². The third kappa shape index (κ3) is 10.7. The van der Waals surface area contributed by atoms with Gasteiger partial charge < -0.3 is 20.8 Å². The van der Waals surface area contributed by atoms with Gasteiger partial charge in [-0.2, -0.15) is 4.31 Å². The fraction of sp³-hybridized carbons (Fsp3) is 0.412. The summed E-state index contributed by atoms with van der Waals surface area (Å²) in [6, 6.07) is 15.9. The number of aliphatic hydroxyl groups excluding tert-OH is 1. The van der Waals surface area contributed by atoms with Crippen LogP contribution in [-0.4, -0.2) is 67.1 Å². The lowest BCUT2D eigenvalue weighted by atomic mass is 9.96. The quantitative estimate of drug-likeness (QED) is 0.196. The number of carbonyl (C=O) groups excluding carboxylic acids is 1. The van der Waals surface area contributed by atoms with E-state index in [0.717, 1.165) is 50.2 Å². The van der Waals surface area contributed by atoms with E-state index in [2.05, 4.69) is 23.6 Å². The molecule has 3 aromatic carbocycles. The van der Waals surface area contributed by atoms with Gasteiger partial charge in [0.25, 0.3) is 12.4 Å². The van der Waals surface area contributed by atoms with Crippen LogP contribution in [0.1, 0.15) is 66.1 Å². The molecule has 1 fully saturated rings. The van der Waals surface area contributed by atoms with E-state index in [-0.39, 0.29) is 41.5 Å². The van der Waals surface area contributed by atoms with Gasteiger partial charge in [0.1, 0.15) is 11.6 Å². The maximum absolute atomic E-state index is 13.9. The van der Waals surface area contributed by atoms with Crippen molar-refractivity contribution in [2.45, 2.75) is 81.5 Å². The number of hydrogen-bond donors (Lipinski definition) is 4. The number of nitrogens with one attached hydrogen (secondary N) is 2. The van der Waals surface area contributed by atoms with Crippen molar-refractivity contribution in [1.82, 2.24) is 14.9 Å². The molecule has 4 N–H and O–H groups in total. The van der Waals surface area contributed by atoms with Crippen LogP contribution < -0.4 is 10.6 Å². The molecule has 3 aromatic rings. The van der Waals surface area contributed by atoms with Crippen molar-refractivity contribution in [1.29, 1.82) is 0 Å². The van der Waals surface area contributed by atoms with Crippen molar-refractivity contribution < 1.29 is 37.0 Å². The normalized spacial score (nSPS) is 15.0. The number of benzene rings is 3. The number of hydrogen-bond acceptors (Lipinski definition) is 6. The Morgan fingerprint density at radius 2 is 1.59 bits per heavy atom. The smallest absolute Gasteiger partial charge is 0.290 e. The minimum atomic E-state index is -3.72. The Morgan fingerprint density at radius 3 is 2.20 bits per heavy atom. The summed E-state index contributed by atoms with van der Waals surface area (Å²) < 4.78 is 55.7. The maximum atomic E-state index is 13.9. The van der Waals surface area contributed by atoms with Crippen molar-refractivity contribution in [2.24, 2.45) is 0 Å². The van der Waals surface area contributed by atoms with E-state index in [1.165, 1.54) is 46.3 Å². The van der Waals surface area contributed by atoms with Crippen molar-refractivity contribution >= 4 is 22.4 Å². The second-order valence-electron chi connectivity index (χ2n) is 11.4. The van der Waals surface area contributed by atoms with Crippen LogP contribution in [-0.2, 0) is 34.2 Å². The first-order valence-corrected chi connectivity index (χ1v) is 16.8. The molecule has 1 saturated carbocycles. The summed E-state index contributed by atoms with van der Waals surface area (Å²) in [4.78, 5) is 21.7. The molecule has 0 spiro atoms. The molecule has 0 bridgehead atoms. The predicted molar refractivity (Wildman–Crippen MR) is 172 cm³/mol. The highest BCUT2D eigenvalue weighted by Crippen LogP contribution is 2.26. The summed E-state index contributed by atoms with van der Waals surface area (Å²) in [5, 5.41) is 23.9. The van der Waals surface area contributed by atoms with Gasteiger partial charge in [0.2, 0.25) is 10.0 Å². The Morgan fingerprint density at radius 1 is 0.978 bits per heavy atom. The molecule has 0 aromatic heterocycles. The van der Waals surface area contributed by atoms with E-state index in [1.807, 2.05) is 18.2 Å². The minimum Gasteiger partial charge on any atom is -0.483 e. The zero-order chi connectivity index (χ0) is 33.7. The third-order valence-corrected chi connectivity index (χ3v) is 10.0. The molecule has 46 heavy (non-hydrogen) atoms. The second kappa shape index (κ2) is 17.8. The lowest BCUT2D eigenvalue weighted by Gasteiger charge is -2.30. The van der Waals surface area contributed by atoms with Gasteiger partial charge >= 0.3 is 0 Å². The summed E-state index contributed by atoms with van der Waals surface area (Å²) >= 11 is 0. The van der Waals surface area contributed by atoms with E-state index in [4.69, 9.17) is 9.90 Å². The number of carbonyl (C=O) groups is 2. The number of aliphatic hydroxyl groups is 1. The number of aryl methyl sites for hydroxylation is 1. The summed E-state index contributed by atoms with van der Waals surface area (Å²) in [5.74, 6) is -2.04. The van der Waals surface area contributed by atoms with Crippen LogP contribution in [0.15, 0.2) is 71.6 Å². The maximum Gasteiger partial charge on any atom is 0.290 e. The molecule has 2 atom stereocenters. The lowest BCUT2D eigenvalue weighted by Crippen LogP contribution is -2.48. The van der Waals surface area contributed by atoms with Crippen LogP contribution >= 0.6 is 0 Å². The van der Waals surface area contributed by atoms with Gasteiger partial charge in [-0.1, -0.05) is 50.5 Å². The molecule has 0 unspecified atom stereocenters. The highest BCUT2D eigenvalue weighted by atomic mass is 32.2. The summed E-state index contributed by atoms with van der Waals surface area (Å²) in [6.45, 7) is 2.43. The van der Waals surface area contributed by atoms with Gasteiger partial charge in [0.05, 0.1) is 17.0 Å². The highest BCUT2D eigenvalue weighted by molar-refractivity contribution is 7.89. The van der Waals surface area contributed by atoms with Crippen molar-refractivity contribution in [2.75, 3.05) is 13.6 Å². The molecule has 0 radical (unpaired) electrons. The van der Waals surface area contributed by atoms with Crippen LogP contribution in [0.2, 0.25) is 0 Å². The molecule has 1 amide bonds. The summed E-state index contributed by atoms with van der Waals surface area (Å²) in [5.41, 5.74) is 2.72. The highest BCUT2D eigenvalue weighted by Gasteiger charge is 2.29. The Balaban J connectivity index is 0.00000185. The summed E-state index contributed by atoms with van der Waals surface area (Å²) in [7, 11) is -2.12. The standard InChI is InChI=1S/C33H41F2N3O4S.CH2O2/c1-3-23-8-7-9-24(16-23)21-36-22-32(39)31(19-25-17-27(34)20-28(35)18-25)37-33(40)26-12-14-30(15-13-26)43(41,42)38(2)29-10-5-4-6-11-29;2-1-3/h7-9,12-18,20,29,31-32,36,39H,3-6,10-11,19,21-22H2,1-2H3,(H,37,40);1H,(H,2,3)/t31-,32+;/m0./s1. The van der Waals surface area contributed by atoms with Crippen molar-refractivity contribution in [3.8, 4) is 0 Å². The molecule has 1 aliphatic carbocycles. The number of rotatable bonds is 13. The van der Waals surface area contributed by atoms with Crippen LogP contribution in [0.5, 0.6) is 0 Å². The first-order valence-electron chi connectivity index (χ1n) is 15.4. The molecular weight excluding hydrogens is 616 g/mol. The third-order valence-electron chi connectivity index (χ3n) is 8.12. The fourth-order valence-electron chi connectivity index (χ4n) is 5.57. The van der Waals surface area contributed by atoms with Crippen molar-refractivity contribution in [3.05, 3.63) is 101 Å². The Kier molecular flexibility index (Phi) is 14.3. The van der Waals surface area contributed by atoms with Gasteiger partial charge in [-0.05, 0) is 78.8 Å². The molecule has 0 saturated heterocycles. The first-order chi connectivity index (χ1) is 22.0. The van der Waals surface area contributed by atoms with Crippen molar-refractivity contribution in [3.63, 3.8) is 0 Å². The fourth-order valence-corrected chi connectivity index (χ4v) is 6.99. The largest absolute Gasteiger partial charge is 0.483 e. The zero-order valence-electron chi connectivity index (χ0n) is 26.2. The SMILES string of the molecule is CCc1cccc(CNC[C@@H](O)[C@H](Cc2cc(F)cc(F)c2)NC(=O)c2ccc(S(=O)(=O)N(C)C3CCCCC3)cc2)c1.O=CO. The second-order valence-corrected chi connectivity index (χ2v) is 13.4. The van der Waals surface area contributed by atoms with Crippen LogP contribution in [0, 0.1) is 11.6 Å². The van der Waals surface area contributed by atoms with E-state index >= 15 is 0 Å². The molecule has 0 aliphatic heterocycles. The van der Waals surface area contributed by atoms with E-state index in [9.17, 15) is 27.1 Å². The van der Waals surface area contributed by atoms with Crippen LogP contribution in [0.25, 0.3) is 0 Å². The molecule has 250 valence electrons. The zero-order valence-corrected chi connectivity index (χ0v) is 27.0. The van der Waals surface area contributed by atoms with Gasteiger partial charge in [-0.25, -0.2) is 17.2 Å². The lowest BCUT2D eigenvalue weighted by molar-refractivity contribution is -0.122. The minimum absolute atomic E-state index is 0.0206. The molecular formula is C34H43F2N3O6S. The average molecular weight is 660 g/mol. The van der Waals surface area contributed by atoms with Gasteiger partial charge in [0, 0.05) is 37.8 Å². The molecule has 12 heteroatoms. The molecule has 9 nitrogen and oxygen atoms in total. The Labute approximate surface area is 269 Å².